The smallest absolute Gasteiger partial charge is 0.319 e. The van der Waals surface area contributed by atoms with E-state index in [0.717, 1.165) is 19.3 Å². The van der Waals surface area contributed by atoms with E-state index in [1.807, 2.05) is 0 Å². The van der Waals surface area contributed by atoms with Crippen molar-refractivity contribution in [1.82, 2.24) is 9.62 Å². The molecule has 26 heavy (non-hydrogen) atoms. The van der Waals surface area contributed by atoms with Crippen molar-refractivity contribution < 1.29 is 23.1 Å². The molecule has 0 bridgehead atoms. The predicted octanol–water partition coefficient (Wildman–Crippen LogP) is 2.16. The van der Waals surface area contributed by atoms with E-state index in [-0.39, 0.29) is 17.9 Å². The Hall–Kier alpha value is -2.13. The van der Waals surface area contributed by atoms with Gasteiger partial charge in [-0.3, -0.25) is 4.79 Å². The van der Waals surface area contributed by atoms with E-state index in [9.17, 15) is 18.0 Å². The third-order valence-corrected chi connectivity index (χ3v) is 6.27. The molecule has 0 spiro atoms. The number of sulfonamides is 1. The normalized spacial score (nSPS) is 15.4. The zero-order valence-corrected chi connectivity index (χ0v) is 15.6. The van der Waals surface area contributed by atoms with Crippen LogP contribution in [0.15, 0.2) is 23.1 Å². The lowest BCUT2D eigenvalue weighted by Gasteiger charge is -2.26. The molecule has 1 heterocycles. The Labute approximate surface area is 153 Å². The second-order valence-electron chi connectivity index (χ2n) is 6.32. The Morgan fingerprint density at radius 3 is 2.54 bits per heavy atom. The van der Waals surface area contributed by atoms with Crippen molar-refractivity contribution >= 4 is 27.7 Å². The molecule has 2 amide bonds. The monoisotopic (exact) mass is 383 g/mol. The highest BCUT2D eigenvalue weighted by Gasteiger charge is 2.27. The number of amides is 2. The van der Waals surface area contributed by atoms with Gasteiger partial charge in [0.05, 0.1) is 4.90 Å². The van der Waals surface area contributed by atoms with Gasteiger partial charge in [-0.2, -0.15) is 4.31 Å². The molecule has 9 heteroatoms. The number of aliphatic carboxylic acids is 1. The number of nitrogens with zero attached hydrogens (tertiary/aromatic N) is 1. The first-order valence-corrected chi connectivity index (χ1v) is 10.1. The molecule has 1 aromatic rings. The number of hydrogen-bond acceptors (Lipinski definition) is 4. The molecule has 0 radical (unpaired) electrons. The van der Waals surface area contributed by atoms with Crippen LogP contribution in [0.3, 0.4) is 0 Å². The summed E-state index contributed by atoms with van der Waals surface area (Å²) >= 11 is 0. The van der Waals surface area contributed by atoms with Gasteiger partial charge in [-0.05, 0) is 43.9 Å². The first kappa shape index (κ1) is 20.2. The van der Waals surface area contributed by atoms with E-state index in [2.05, 4.69) is 10.6 Å². The lowest BCUT2D eigenvalue weighted by molar-refractivity contribution is -0.137. The van der Waals surface area contributed by atoms with Crippen LogP contribution in [0.2, 0.25) is 0 Å². The van der Waals surface area contributed by atoms with Gasteiger partial charge in [-0.1, -0.05) is 12.5 Å². The van der Waals surface area contributed by atoms with Crippen molar-refractivity contribution in [2.75, 3.05) is 25.0 Å². The van der Waals surface area contributed by atoms with Crippen LogP contribution < -0.4 is 10.6 Å². The van der Waals surface area contributed by atoms with Crippen LogP contribution in [0, 0.1) is 6.92 Å². The molecule has 1 aliphatic heterocycles. The van der Waals surface area contributed by atoms with Gasteiger partial charge in [0.1, 0.15) is 0 Å². The van der Waals surface area contributed by atoms with Gasteiger partial charge in [0.2, 0.25) is 10.0 Å². The first-order valence-electron chi connectivity index (χ1n) is 8.68. The molecule has 144 valence electrons. The molecule has 0 atom stereocenters. The van der Waals surface area contributed by atoms with Crippen LogP contribution in [-0.4, -0.2) is 49.5 Å². The Balaban J connectivity index is 2.04. The molecule has 0 aliphatic carbocycles. The third-order valence-electron chi connectivity index (χ3n) is 4.23. The molecule has 1 aliphatic rings. The Morgan fingerprint density at radius 1 is 1.19 bits per heavy atom. The number of carbonyl (C=O) groups excluding carboxylic acids is 1. The zero-order chi connectivity index (χ0) is 19.2. The number of urea groups is 1. The molecule has 0 unspecified atom stereocenters. The molecular formula is C17H25N3O5S. The summed E-state index contributed by atoms with van der Waals surface area (Å²) < 4.78 is 27.2. The fraction of sp³-hybridized carbons (Fsp3) is 0.529. The SMILES string of the molecule is Cc1ccc(NC(=O)NCCCC(=O)O)cc1S(=O)(=O)N1CCCCC1. The summed E-state index contributed by atoms with van der Waals surface area (Å²) in [6.45, 7) is 2.99. The second kappa shape index (κ2) is 9.00. The van der Waals surface area contributed by atoms with E-state index in [1.54, 1.807) is 19.1 Å². The summed E-state index contributed by atoms with van der Waals surface area (Å²) in [5, 5.41) is 13.7. The van der Waals surface area contributed by atoms with Gasteiger partial charge in [0.25, 0.3) is 0 Å². The van der Waals surface area contributed by atoms with Gasteiger partial charge in [-0.25, -0.2) is 13.2 Å². The molecule has 1 aromatic carbocycles. The molecule has 0 saturated carbocycles. The maximum atomic E-state index is 12.9. The van der Waals surface area contributed by atoms with Crippen LogP contribution in [0.25, 0.3) is 0 Å². The number of aryl methyl sites for hydroxylation is 1. The summed E-state index contributed by atoms with van der Waals surface area (Å²) in [6.07, 6.45) is 3.05. The molecular weight excluding hydrogens is 358 g/mol. The largest absolute Gasteiger partial charge is 0.481 e. The summed E-state index contributed by atoms with van der Waals surface area (Å²) in [7, 11) is -3.59. The number of carbonyl (C=O) groups is 2. The Bertz CT molecular complexity index is 758. The van der Waals surface area contributed by atoms with Crippen LogP contribution in [0.1, 0.15) is 37.7 Å². The fourth-order valence-corrected chi connectivity index (χ4v) is 4.58. The highest BCUT2D eigenvalue weighted by atomic mass is 32.2. The van der Waals surface area contributed by atoms with Crippen molar-refractivity contribution in [1.29, 1.82) is 0 Å². The lowest BCUT2D eigenvalue weighted by atomic mass is 10.2. The van der Waals surface area contributed by atoms with E-state index >= 15 is 0 Å². The average molecular weight is 383 g/mol. The number of piperidine rings is 1. The standard InChI is InChI=1S/C17H25N3O5S/c1-13-7-8-14(19-17(23)18-9-5-6-16(21)22)12-15(13)26(24,25)20-10-3-2-4-11-20/h7-8,12H,2-6,9-11H2,1H3,(H,21,22)(H2,18,19,23). The number of hydrogen-bond donors (Lipinski definition) is 3. The van der Waals surface area contributed by atoms with Crippen LogP contribution >= 0.6 is 0 Å². The molecule has 0 aromatic heterocycles. The maximum absolute atomic E-state index is 12.9. The van der Waals surface area contributed by atoms with Crippen LogP contribution in [0.5, 0.6) is 0 Å². The fourth-order valence-electron chi connectivity index (χ4n) is 2.82. The first-order chi connectivity index (χ1) is 12.3. The van der Waals surface area contributed by atoms with Gasteiger partial charge in [0.15, 0.2) is 0 Å². The average Bonchev–Trinajstić information content (AvgIpc) is 2.61. The lowest BCUT2D eigenvalue weighted by Crippen LogP contribution is -2.36. The van der Waals surface area contributed by atoms with Crippen LogP contribution in [0.4, 0.5) is 10.5 Å². The number of carboxylic acid groups (broad SMARTS) is 1. The summed E-state index contributed by atoms with van der Waals surface area (Å²) in [4.78, 5) is 22.5. The van der Waals surface area contributed by atoms with Crippen molar-refractivity contribution in [2.45, 2.75) is 43.9 Å². The number of benzene rings is 1. The summed E-state index contributed by atoms with van der Waals surface area (Å²) in [5.74, 6) is -0.918. The second-order valence-corrected chi connectivity index (χ2v) is 8.23. The van der Waals surface area contributed by atoms with Crippen molar-refractivity contribution in [3.63, 3.8) is 0 Å². The van der Waals surface area contributed by atoms with Gasteiger partial charge in [-0.15, -0.1) is 0 Å². The quantitative estimate of drug-likeness (QED) is 0.624. The summed E-state index contributed by atoms with van der Waals surface area (Å²) in [5.41, 5.74) is 1.00. The molecule has 2 rings (SSSR count). The van der Waals surface area contributed by atoms with Crippen molar-refractivity contribution in [3.05, 3.63) is 23.8 Å². The maximum Gasteiger partial charge on any atom is 0.319 e. The van der Waals surface area contributed by atoms with E-state index in [4.69, 9.17) is 5.11 Å². The van der Waals surface area contributed by atoms with Gasteiger partial charge >= 0.3 is 12.0 Å². The predicted molar refractivity (Wildman–Crippen MR) is 97.7 cm³/mol. The minimum absolute atomic E-state index is 0.0248. The number of anilines is 1. The number of nitrogens with one attached hydrogen (secondary N) is 2. The minimum Gasteiger partial charge on any atom is -0.481 e. The van der Waals surface area contributed by atoms with Crippen molar-refractivity contribution in [3.8, 4) is 0 Å². The Morgan fingerprint density at radius 2 is 1.88 bits per heavy atom. The number of carboxylic acids is 1. The molecule has 1 fully saturated rings. The highest BCUT2D eigenvalue weighted by Crippen LogP contribution is 2.26. The number of rotatable bonds is 7. The van der Waals surface area contributed by atoms with E-state index in [0.29, 0.717) is 30.8 Å². The van der Waals surface area contributed by atoms with Gasteiger partial charge in [0, 0.05) is 31.7 Å². The van der Waals surface area contributed by atoms with E-state index < -0.39 is 22.0 Å². The van der Waals surface area contributed by atoms with Crippen LogP contribution in [-0.2, 0) is 14.8 Å². The Kier molecular flexibility index (Phi) is 6.98. The van der Waals surface area contributed by atoms with Crippen molar-refractivity contribution in [2.24, 2.45) is 0 Å². The molecule has 1 saturated heterocycles. The van der Waals surface area contributed by atoms with Gasteiger partial charge < -0.3 is 15.7 Å². The summed E-state index contributed by atoms with van der Waals surface area (Å²) in [6, 6.07) is 4.27. The third kappa shape index (κ3) is 5.43. The minimum atomic E-state index is -3.59. The molecule has 3 N–H and O–H groups in total. The molecule has 8 nitrogen and oxygen atoms in total. The zero-order valence-electron chi connectivity index (χ0n) is 14.8. The highest BCUT2D eigenvalue weighted by molar-refractivity contribution is 7.89. The topological polar surface area (TPSA) is 116 Å². The van der Waals surface area contributed by atoms with E-state index in [1.165, 1.54) is 10.4 Å².